The number of benzene rings is 1. The average molecular weight is 422 g/mol. The van der Waals surface area contributed by atoms with E-state index in [2.05, 4.69) is 10.3 Å². The van der Waals surface area contributed by atoms with Crippen LogP contribution in [0, 0.1) is 0 Å². The highest BCUT2D eigenvalue weighted by Crippen LogP contribution is 2.44. The summed E-state index contributed by atoms with van der Waals surface area (Å²) in [6.07, 6.45) is 2.06. The number of nitrogens with one attached hydrogen (secondary N) is 2. The van der Waals surface area contributed by atoms with Crippen molar-refractivity contribution in [2.45, 2.75) is 32.1 Å². The maximum atomic E-state index is 13.3. The van der Waals surface area contributed by atoms with E-state index in [1.165, 1.54) is 0 Å². The van der Waals surface area contributed by atoms with Gasteiger partial charge in [-0.05, 0) is 37.5 Å². The Balaban J connectivity index is 1.65. The second-order valence-corrected chi connectivity index (χ2v) is 7.98. The third kappa shape index (κ3) is 3.61. The van der Waals surface area contributed by atoms with E-state index in [1.807, 2.05) is 36.1 Å². The van der Waals surface area contributed by atoms with Gasteiger partial charge >= 0.3 is 0 Å². The molecule has 8 heteroatoms. The molecule has 2 aliphatic heterocycles. The Kier molecular flexibility index (Phi) is 5.23. The molecule has 1 saturated heterocycles. The zero-order valence-corrected chi connectivity index (χ0v) is 17.6. The molecule has 0 radical (unpaired) electrons. The Hall–Kier alpha value is -3.13. The van der Waals surface area contributed by atoms with Crippen LogP contribution in [0.25, 0.3) is 0 Å². The molecule has 8 nitrogen and oxygen atoms in total. The Morgan fingerprint density at radius 3 is 2.87 bits per heavy atom. The second kappa shape index (κ2) is 8.19. The molecule has 0 spiro atoms. The van der Waals surface area contributed by atoms with Crippen molar-refractivity contribution in [3.63, 3.8) is 0 Å². The van der Waals surface area contributed by atoms with Crippen LogP contribution in [-0.2, 0) is 9.53 Å². The summed E-state index contributed by atoms with van der Waals surface area (Å²) in [6.45, 7) is 5.03. The highest BCUT2D eigenvalue weighted by Gasteiger charge is 2.38. The zero-order chi connectivity index (χ0) is 21.4. The van der Waals surface area contributed by atoms with Crippen LogP contribution in [0.5, 0.6) is 5.75 Å². The third-order valence-corrected chi connectivity index (χ3v) is 6.06. The minimum atomic E-state index is -0.463. The average Bonchev–Trinajstić information content (AvgIpc) is 2.79. The molecule has 2 aromatic rings. The van der Waals surface area contributed by atoms with Crippen LogP contribution in [0.15, 0.2) is 40.3 Å². The van der Waals surface area contributed by atoms with Crippen molar-refractivity contribution in [1.82, 2.24) is 9.97 Å². The monoisotopic (exact) mass is 422 g/mol. The van der Waals surface area contributed by atoms with Gasteiger partial charge in [-0.2, -0.15) is 4.98 Å². The number of hydrogen-bond donors (Lipinski definition) is 2. The number of aromatic amines is 1. The van der Waals surface area contributed by atoms with Crippen LogP contribution in [0.2, 0.25) is 0 Å². The SMILES string of the molecule is CCOc1cccc([C@@H]2C3=C(CCCC3=O)Nc3nc(N4CCOCC4)[nH]c(=O)c32)c1. The molecule has 1 aliphatic carbocycles. The number of Topliss-reactive ketones (excluding diaryl/α,β-unsaturated/α-hetero) is 1. The molecular formula is C23H26N4O4. The number of ketones is 1. The fourth-order valence-electron chi connectivity index (χ4n) is 4.66. The van der Waals surface area contributed by atoms with Crippen molar-refractivity contribution in [2.75, 3.05) is 43.1 Å². The van der Waals surface area contributed by atoms with Crippen molar-refractivity contribution in [3.05, 3.63) is 57.0 Å². The molecule has 1 atom stereocenters. The Morgan fingerprint density at radius 1 is 1.23 bits per heavy atom. The van der Waals surface area contributed by atoms with E-state index in [9.17, 15) is 9.59 Å². The Morgan fingerprint density at radius 2 is 2.06 bits per heavy atom. The standard InChI is InChI=1S/C23H26N4O4/c1-2-31-15-6-3-5-14(13-15)18-19-16(7-4-8-17(19)28)24-21-20(18)22(29)26-23(25-21)27-9-11-30-12-10-27/h3,5-6,13,18H,2,4,7-12H2,1H3,(H2,24,25,26,29)/t18-/m1/s1. The quantitative estimate of drug-likeness (QED) is 0.782. The van der Waals surface area contributed by atoms with E-state index < -0.39 is 5.92 Å². The first-order valence-corrected chi connectivity index (χ1v) is 10.9. The van der Waals surface area contributed by atoms with Crippen LogP contribution in [-0.4, -0.2) is 48.7 Å². The van der Waals surface area contributed by atoms with Crippen molar-refractivity contribution < 1.29 is 14.3 Å². The van der Waals surface area contributed by atoms with E-state index in [0.29, 0.717) is 62.2 Å². The number of ether oxygens (including phenoxy) is 2. The molecule has 0 amide bonds. The summed E-state index contributed by atoms with van der Waals surface area (Å²) in [5.74, 6) is 1.41. The number of H-pyrrole nitrogens is 1. The molecule has 31 heavy (non-hydrogen) atoms. The first kappa shape index (κ1) is 19.8. The molecule has 0 saturated carbocycles. The second-order valence-electron chi connectivity index (χ2n) is 7.98. The predicted octanol–water partition coefficient (Wildman–Crippen LogP) is 2.57. The van der Waals surface area contributed by atoms with Crippen LogP contribution >= 0.6 is 0 Å². The van der Waals surface area contributed by atoms with Crippen LogP contribution in [0.1, 0.15) is 43.2 Å². The van der Waals surface area contributed by atoms with Crippen LogP contribution in [0.3, 0.4) is 0 Å². The van der Waals surface area contributed by atoms with Gasteiger partial charge in [0.15, 0.2) is 5.78 Å². The van der Waals surface area contributed by atoms with E-state index >= 15 is 0 Å². The van der Waals surface area contributed by atoms with Gasteiger partial charge < -0.3 is 19.7 Å². The molecule has 1 aromatic carbocycles. The van der Waals surface area contributed by atoms with Gasteiger partial charge in [0.2, 0.25) is 5.95 Å². The van der Waals surface area contributed by atoms with Gasteiger partial charge in [0.25, 0.3) is 5.56 Å². The highest BCUT2D eigenvalue weighted by atomic mass is 16.5. The summed E-state index contributed by atoms with van der Waals surface area (Å²) in [7, 11) is 0. The van der Waals surface area contributed by atoms with Gasteiger partial charge in [-0.25, -0.2) is 0 Å². The molecule has 2 N–H and O–H groups in total. The summed E-state index contributed by atoms with van der Waals surface area (Å²) in [5.41, 5.74) is 2.68. The van der Waals surface area contributed by atoms with E-state index in [4.69, 9.17) is 14.5 Å². The van der Waals surface area contributed by atoms with Crippen LogP contribution < -0.4 is 20.5 Å². The number of nitrogens with zero attached hydrogens (tertiary/aromatic N) is 2. The smallest absolute Gasteiger partial charge is 0.258 e. The molecule has 0 unspecified atom stereocenters. The fourth-order valence-corrected chi connectivity index (χ4v) is 4.66. The highest BCUT2D eigenvalue weighted by molar-refractivity contribution is 6.00. The first-order chi connectivity index (χ1) is 15.2. The number of allylic oxidation sites excluding steroid dienone is 2. The maximum absolute atomic E-state index is 13.3. The maximum Gasteiger partial charge on any atom is 0.258 e. The van der Waals surface area contributed by atoms with Crippen LogP contribution in [0.4, 0.5) is 11.8 Å². The minimum absolute atomic E-state index is 0.0860. The van der Waals surface area contributed by atoms with Gasteiger partial charge in [0.05, 0.1) is 25.4 Å². The van der Waals surface area contributed by atoms with E-state index in [-0.39, 0.29) is 11.3 Å². The molecular weight excluding hydrogens is 396 g/mol. The normalized spacial score (nSPS) is 20.7. The summed E-state index contributed by atoms with van der Waals surface area (Å²) >= 11 is 0. The third-order valence-electron chi connectivity index (χ3n) is 6.06. The first-order valence-electron chi connectivity index (χ1n) is 10.9. The van der Waals surface area contributed by atoms with Gasteiger partial charge in [-0.1, -0.05) is 12.1 Å². The molecule has 3 heterocycles. The number of anilines is 2. The lowest BCUT2D eigenvalue weighted by molar-refractivity contribution is -0.116. The molecule has 1 aromatic heterocycles. The van der Waals surface area contributed by atoms with Gasteiger partial charge in [0, 0.05) is 36.7 Å². The lowest BCUT2D eigenvalue weighted by Gasteiger charge is -2.34. The Labute approximate surface area is 180 Å². The minimum Gasteiger partial charge on any atom is -0.494 e. The number of rotatable bonds is 4. The number of morpholine rings is 1. The molecule has 5 rings (SSSR count). The van der Waals surface area contributed by atoms with Gasteiger partial charge in [-0.3, -0.25) is 14.6 Å². The molecule has 162 valence electrons. The summed E-state index contributed by atoms with van der Waals surface area (Å²) in [4.78, 5) is 36.1. The number of fused-ring (bicyclic) bond motifs is 1. The zero-order valence-electron chi connectivity index (χ0n) is 17.6. The fraction of sp³-hybridized carbons (Fsp3) is 0.435. The summed E-state index contributed by atoms with van der Waals surface area (Å²) in [6, 6.07) is 7.66. The summed E-state index contributed by atoms with van der Waals surface area (Å²) in [5, 5.41) is 3.33. The number of carbonyl (C=O) groups excluding carboxylic acids is 1. The largest absolute Gasteiger partial charge is 0.494 e. The van der Waals surface area contributed by atoms with E-state index in [0.717, 1.165) is 29.9 Å². The number of hydrogen-bond acceptors (Lipinski definition) is 7. The van der Waals surface area contributed by atoms with Gasteiger partial charge in [0.1, 0.15) is 11.6 Å². The summed E-state index contributed by atoms with van der Waals surface area (Å²) < 4.78 is 11.1. The van der Waals surface area contributed by atoms with E-state index in [1.54, 1.807) is 0 Å². The lowest BCUT2D eigenvalue weighted by atomic mass is 9.76. The predicted molar refractivity (Wildman–Crippen MR) is 117 cm³/mol. The number of aromatic nitrogens is 2. The molecule has 1 fully saturated rings. The van der Waals surface area contributed by atoms with Crippen molar-refractivity contribution in [2.24, 2.45) is 0 Å². The van der Waals surface area contributed by atoms with Crippen molar-refractivity contribution in [3.8, 4) is 5.75 Å². The van der Waals surface area contributed by atoms with Crippen molar-refractivity contribution in [1.29, 1.82) is 0 Å². The molecule has 0 bridgehead atoms. The molecule has 3 aliphatic rings. The topological polar surface area (TPSA) is 96.5 Å². The number of carbonyl (C=O) groups is 1. The van der Waals surface area contributed by atoms with Gasteiger partial charge in [-0.15, -0.1) is 0 Å². The Bertz CT molecular complexity index is 1100. The lowest BCUT2D eigenvalue weighted by Crippen LogP contribution is -2.40. The van der Waals surface area contributed by atoms with Crippen molar-refractivity contribution >= 4 is 17.5 Å².